The third-order valence-corrected chi connectivity index (χ3v) is 14.5. The fourth-order valence-corrected chi connectivity index (χ4v) is 11.0. The average Bonchev–Trinajstić information content (AvgIpc) is 3.47. The highest BCUT2D eigenvalue weighted by molar-refractivity contribution is 5.89. The lowest BCUT2D eigenvalue weighted by Gasteiger charge is -2.30. The second-order valence-electron chi connectivity index (χ2n) is 19.2. The molecule has 0 N–H and O–H groups in total. The molecule has 0 spiro atoms. The van der Waals surface area contributed by atoms with Crippen molar-refractivity contribution in [2.24, 2.45) is 0 Å². The molecule has 0 saturated heterocycles. The Morgan fingerprint density at radius 3 is 1.18 bits per heavy atom. The van der Waals surface area contributed by atoms with Crippen LogP contribution in [0.4, 0.5) is 51.2 Å². The summed E-state index contributed by atoms with van der Waals surface area (Å²) in [6.07, 6.45) is 3.94. The van der Waals surface area contributed by atoms with Gasteiger partial charge in [0.1, 0.15) is 0 Å². The van der Waals surface area contributed by atoms with Gasteiger partial charge >= 0.3 is 0 Å². The molecule has 0 saturated carbocycles. The molecule has 11 aromatic rings. The minimum Gasteiger partial charge on any atom is -0.310 e. The zero-order valence-corrected chi connectivity index (χ0v) is 41.5. The molecule has 0 aromatic heterocycles. The van der Waals surface area contributed by atoms with E-state index in [0.717, 1.165) is 71.1 Å². The van der Waals surface area contributed by atoms with E-state index in [4.69, 9.17) is 0 Å². The Balaban J connectivity index is 0.928. The number of nitrogens with zero attached hydrogens (tertiary/aromatic N) is 3. The third kappa shape index (κ3) is 9.76. The third-order valence-electron chi connectivity index (χ3n) is 14.5. The van der Waals surface area contributed by atoms with Crippen molar-refractivity contribution in [3.8, 4) is 22.3 Å². The molecule has 0 heterocycles. The standard InChI is InChI=1S/C71H57N3/c1-8-24-54(25-9-1)69(55-26-10-2-11-27-55)45-39-53-23-22-38-65(47-53)74(64-36-20-7-21-37-64)66-44-46-70-58(48-66)43-41-56-40-42-57(51-71(56)70)59-49-67(72(60-28-12-3-13-29-60)61-30-14-4-15-31-61)52-68(50-59)73(62-32-16-5-17-33-62)63-34-18-6-19-35-63/h1-38,40,42,44,46-52,69H,39,41,43,45H2. The van der Waals surface area contributed by atoms with Crippen molar-refractivity contribution < 1.29 is 0 Å². The number of rotatable bonds is 15. The second kappa shape index (κ2) is 21.3. The quantitative estimate of drug-likeness (QED) is 0.101. The minimum absolute atomic E-state index is 0.317. The maximum Gasteiger partial charge on any atom is 0.0488 e. The van der Waals surface area contributed by atoms with Crippen molar-refractivity contribution in [3.05, 3.63) is 319 Å². The molecule has 0 unspecified atom stereocenters. The van der Waals surface area contributed by atoms with Crippen LogP contribution in [-0.4, -0.2) is 0 Å². The predicted octanol–water partition coefficient (Wildman–Crippen LogP) is 19.3. The molecule has 1 aliphatic carbocycles. The van der Waals surface area contributed by atoms with Gasteiger partial charge in [0.15, 0.2) is 0 Å². The van der Waals surface area contributed by atoms with Crippen LogP contribution in [0.2, 0.25) is 0 Å². The van der Waals surface area contributed by atoms with Crippen molar-refractivity contribution in [1.29, 1.82) is 0 Å². The van der Waals surface area contributed by atoms with Gasteiger partial charge < -0.3 is 14.7 Å². The van der Waals surface area contributed by atoms with E-state index in [-0.39, 0.29) is 0 Å². The first-order valence-electron chi connectivity index (χ1n) is 26.0. The molecule has 0 amide bonds. The Labute approximate surface area is 436 Å². The average molecular weight is 952 g/mol. The topological polar surface area (TPSA) is 9.72 Å². The molecule has 0 fully saturated rings. The molecule has 12 rings (SSSR count). The summed E-state index contributed by atoms with van der Waals surface area (Å²) in [6, 6.07) is 106. The van der Waals surface area contributed by atoms with Crippen LogP contribution in [0.1, 0.15) is 40.2 Å². The van der Waals surface area contributed by atoms with Crippen LogP contribution in [0, 0.1) is 0 Å². The molecule has 3 nitrogen and oxygen atoms in total. The second-order valence-corrected chi connectivity index (χ2v) is 19.2. The first-order chi connectivity index (χ1) is 36.7. The lowest BCUT2D eigenvalue weighted by atomic mass is 9.83. The molecular formula is C71H57N3. The van der Waals surface area contributed by atoms with Gasteiger partial charge in [0.25, 0.3) is 0 Å². The van der Waals surface area contributed by atoms with Gasteiger partial charge in [-0.1, -0.05) is 182 Å². The van der Waals surface area contributed by atoms with Crippen molar-refractivity contribution in [3.63, 3.8) is 0 Å². The summed E-state index contributed by atoms with van der Waals surface area (Å²) in [7, 11) is 0. The number of aryl methyl sites for hydroxylation is 3. The number of benzene rings is 11. The zero-order chi connectivity index (χ0) is 49.5. The lowest BCUT2D eigenvalue weighted by molar-refractivity contribution is 0.715. The number of hydrogen-bond acceptors (Lipinski definition) is 3. The van der Waals surface area contributed by atoms with Gasteiger partial charge in [0.2, 0.25) is 0 Å². The van der Waals surface area contributed by atoms with Gasteiger partial charge in [-0.3, -0.25) is 0 Å². The molecular weight excluding hydrogens is 895 g/mol. The number of anilines is 9. The monoisotopic (exact) mass is 951 g/mol. The summed E-state index contributed by atoms with van der Waals surface area (Å²) in [4.78, 5) is 7.18. The van der Waals surface area contributed by atoms with Crippen molar-refractivity contribution >= 4 is 51.2 Å². The summed E-state index contributed by atoms with van der Waals surface area (Å²) >= 11 is 0. The molecule has 0 radical (unpaired) electrons. The Bertz CT molecular complexity index is 3380. The van der Waals surface area contributed by atoms with Crippen LogP contribution in [-0.2, 0) is 19.3 Å². The van der Waals surface area contributed by atoms with Crippen LogP contribution in [0.25, 0.3) is 22.3 Å². The van der Waals surface area contributed by atoms with Crippen LogP contribution < -0.4 is 14.7 Å². The highest BCUT2D eigenvalue weighted by atomic mass is 15.2. The zero-order valence-electron chi connectivity index (χ0n) is 41.5. The SMILES string of the molecule is c1ccc(C(CCc2cccc(N(c3ccccc3)c3ccc4c(c3)CCc3ccc(-c5cc(N(c6ccccc6)c6ccccc6)cc(N(c6ccccc6)c6ccccc6)c5)cc3-4)c2)c2ccccc2)cc1. The highest BCUT2D eigenvalue weighted by Crippen LogP contribution is 2.46. The number of para-hydroxylation sites is 5. The fourth-order valence-electron chi connectivity index (χ4n) is 11.0. The Hall–Kier alpha value is -9.18. The van der Waals surface area contributed by atoms with Gasteiger partial charge in [-0.2, -0.15) is 0 Å². The summed E-state index contributed by atoms with van der Waals surface area (Å²) in [5, 5.41) is 0. The van der Waals surface area contributed by atoms with E-state index in [9.17, 15) is 0 Å². The first kappa shape index (κ1) is 45.9. The summed E-state index contributed by atoms with van der Waals surface area (Å²) in [5.41, 5.74) is 21.7. The van der Waals surface area contributed by atoms with E-state index < -0.39 is 0 Å². The van der Waals surface area contributed by atoms with E-state index in [1.165, 1.54) is 55.9 Å². The molecule has 11 aromatic carbocycles. The first-order valence-corrected chi connectivity index (χ1v) is 26.0. The number of fused-ring (bicyclic) bond motifs is 3. The lowest BCUT2D eigenvalue weighted by Crippen LogP contribution is -2.13. The van der Waals surface area contributed by atoms with Gasteiger partial charge in [-0.25, -0.2) is 0 Å². The van der Waals surface area contributed by atoms with Crippen LogP contribution >= 0.6 is 0 Å². The van der Waals surface area contributed by atoms with Gasteiger partial charge in [-0.15, -0.1) is 0 Å². The maximum absolute atomic E-state index is 2.44. The van der Waals surface area contributed by atoms with Gasteiger partial charge in [-0.05, 0) is 185 Å². The molecule has 3 heteroatoms. The fraction of sp³-hybridized carbons (Fsp3) is 0.0704. The van der Waals surface area contributed by atoms with Crippen LogP contribution in [0.5, 0.6) is 0 Å². The summed E-state index contributed by atoms with van der Waals surface area (Å²) < 4.78 is 0. The van der Waals surface area contributed by atoms with Gasteiger partial charge in [0, 0.05) is 57.1 Å². The van der Waals surface area contributed by atoms with Gasteiger partial charge in [0.05, 0.1) is 0 Å². The molecule has 356 valence electrons. The molecule has 74 heavy (non-hydrogen) atoms. The van der Waals surface area contributed by atoms with E-state index in [2.05, 4.69) is 306 Å². The highest BCUT2D eigenvalue weighted by Gasteiger charge is 2.23. The van der Waals surface area contributed by atoms with Crippen LogP contribution in [0.15, 0.2) is 291 Å². The summed E-state index contributed by atoms with van der Waals surface area (Å²) in [5.74, 6) is 0.317. The summed E-state index contributed by atoms with van der Waals surface area (Å²) in [6.45, 7) is 0. The largest absolute Gasteiger partial charge is 0.310 e. The van der Waals surface area contributed by atoms with E-state index >= 15 is 0 Å². The molecule has 0 bridgehead atoms. The normalized spacial score (nSPS) is 11.6. The Morgan fingerprint density at radius 1 is 0.270 bits per heavy atom. The molecule has 0 aliphatic heterocycles. The van der Waals surface area contributed by atoms with Crippen LogP contribution in [0.3, 0.4) is 0 Å². The molecule has 1 aliphatic rings. The molecule has 0 atom stereocenters. The van der Waals surface area contributed by atoms with Crippen molar-refractivity contribution in [2.75, 3.05) is 14.7 Å². The van der Waals surface area contributed by atoms with Crippen molar-refractivity contribution in [1.82, 2.24) is 0 Å². The minimum atomic E-state index is 0.317. The number of hydrogen-bond donors (Lipinski definition) is 0. The van der Waals surface area contributed by atoms with E-state index in [0.29, 0.717) is 5.92 Å². The Kier molecular flexibility index (Phi) is 13.2. The maximum atomic E-state index is 2.44. The van der Waals surface area contributed by atoms with E-state index in [1.54, 1.807) is 0 Å². The van der Waals surface area contributed by atoms with E-state index in [1.807, 2.05) is 0 Å². The van der Waals surface area contributed by atoms with Crippen molar-refractivity contribution in [2.45, 2.75) is 31.6 Å². The Morgan fingerprint density at radius 2 is 0.689 bits per heavy atom. The predicted molar refractivity (Wildman–Crippen MR) is 312 cm³/mol. The smallest absolute Gasteiger partial charge is 0.0488 e.